The molecule has 1 aromatic heterocycles. The number of carbonyl (C=O) groups is 1. The number of aromatic nitrogens is 1. The number of nitrogens with zero attached hydrogens (tertiary/aromatic N) is 2. The Hall–Kier alpha value is -0.710. The third-order valence-electron chi connectivity index (χ3n) is 3.92. The molecular formula is C14H21Cl2N3O. The van der Waals surface area contributed by atoms with Crippen molar-refractivity contribution in [2.45, 2.75) is 19.8 Å². The molecular weight excluding hydrogens is 297 g/mol. The fraction of sp³-hybridized carbons (Fsp3) is 0.643. The van der Waals surface area contributed by atoms with Gasteiger partial charge in [-0.1, -0.05) is 30.1 Å². The van der Waals surface area contributed by atoms with Crippen LogP contribution in [0.3, 0.4) is 0 Å². The first-order valence-electron chi connectivity index (χ1n) is 7.05. The molecule has 0 unspecified atom stereocenters. The zero-order valence-electron chi connectivity index (χ0n) is 12.0. The van der Waals surface area contributed by atoms with Gasteiger partial charge in [-0.05, 0) is 37.9 Å². The first kappa shape index (κ1) is 15.7. The topological polar surface area (TPSA) is 37.3 Å². The SMILES string of the molecule is CCNCC1CCN(C(=O)c2cc(Cl)c(Cl)n2C)CC1. The fourth-order valence-electron chi connectivity index (χ4n) is 2.60. The van der Waals surface area contributed by atoms with Crippen LogP contribution in [0, 0.1) is 5.92 Å². The van der Waals surface area contributed by atoms with Gasteiger partial charge < -0.3 is 14.8 Å². The lowest BCUT2D eigenvalue weighted by Gasteiger charge is -2.32. The van der Waals surface area contributed by atoms with E-state index in [0.29, 0.717) is 21.8 Å². The molecule has 1 aromatic rings. The van der Waals surface area contributed by atoms with Gasteiger partial charge in [0, 0.05) is 20.1 Å². The molecule has 4 nitrogen and oxygen atoms in total. The zero-order chi connectivity index (χ0) is 14.7. The Morgan fingerprint density at radius 2 is 2.05 bits per heavy atom. The fourth-order valence-corrected chi connectivity index (χ4v) is 2.97. The summed E-state index contributed by atoms with van der Waals surface area (Å²) in [5.74, 6) is 0.683. The monoisotopic (exact) mass is 317 g/mol. The van der Waals surface area contributed by atoms with Gasteiger partial charge in [0.1, 0.15) is 10.8 Å². The van der Waals surface area contributed by atoms with Gasteiger partial charge in [-0.25, -0.2) is 0 Å². The van der Waals surface area contributed by atoms with Gasteiger partial charge in [-0.2, -0.15) is 0 Å². The van der Waals surface area contributed by atoms with E-state index < -0.39 is 0 Å². The summed E-state index contributed by atoms with van der Waals surface area (Å²) in [7, 11) is 1.76. The number of nitrogens with one attached hydrogen (secondary N) is 1. The lowest BCUT2D eigenvalue weighted by atomic mass is 9.96. The molecule has 1 aliphatic rings. The molecule has 0 aliphatic carbocycles. The van der Waals surface area contributed by atoms with Crippen molar-refractivity contribution in [1.82, 2.24) is 14.8 Å². The molecule has 0 radical (unpaired) electrons. The highest BCUT2D eigenvalue weighted by atomic mass is 35.5. The van der Waals surface area contributed by atoms with Crippen LogP contribution >= 0.6 is 23.2 Å². The molecule has 0 aromatic carbocycles. The van der Waals surface area contributed by atoms with Crippen LogP contribution < -0.4 is 5.32 Å². The first-order valence-corrected chi connectivity index (χ1v) is 7.80. The summed E-state index contributed by atoms with van der Waals surface area (Å²) in [5.41, 5.74) is 0.560. The van der Waals surface area contributed by atoms with E-state index in [9.17, 15) is 4.79 Å². The number of halogens is 2. The molecule has 1 amide bonds. The molecule has 20 heavy (non-hydrogen) atoms. The highest BCUT2D eigenvalue weighted by Gasteiger charge is 2.26. The normalized spacial score (nSPS) is 16.7. The third kappa shape index (κ3) is 3.30. The van der Waals surface area contributed by atoms with Crippen LogP contribution in [0.25, 0.3) is 0 Å². The lowest BCUT2D eigenvalue weighted by molar-refractivity contribution is 0.0680. The standard InChI is InChI=1S/C14H21Cl2N3O/c1-3-17-9-10-4-6-19(7-5-10)14(20)12-8-11(15)13(16)18(12)2/h8,10,17H,3-7,9H2,1-2H3. The van der Waals surface area contributed by atoms with Crippen LogP contribution in [0.4, 0.5) is 0 Å². The summed E-state index contributed by atoms with van der Waals surface area (Å²) in [6, 6.07) is 1.65. The predicted octanol–water partition coefficient (Wildman–Crippen LogP) is 2.79. The largest absolute Gasteiger partial charge is 0.337 e. The summed E-state index contributed by atoms with van der Waals surface area (Å²) in [6.45, 7) is 5.76. The minimum atomic E-state index is 0.0169. The minimum Gasteiger partial charge on any atom is -0.337 e. The molecule has 0 saturated carbocycles. The summed E-state index contributed by atoms with van der Waals surface area (Å²) in [6.07, 6.45) is 2.09. The minimum absolute atomic E-state index is 0.0169. The molecule has 0 bridgehead atoms. The van der Waals surface area contributed by atoms with Crippen molar-refractivity contribution in [2.24, 2.45) is 13.0 Å². The van der Waals surface area contributed by atoms with Crippen LogP contribution in [0.5, 0.6) is 0 Å². The molecule has 112 valence electrons. The average molecular weight is 318 g/mol. The molecule has 2 heterocycles. The number of rotatable bonds is 4. The highest BCUT2D eigenvalue weighted by molar-refractivity contribution is 6.41. The second-order valence-electron chi connectivity index (χ2n) is 5.27. The number of hydrogen-bond acceptors (Lipinski definition) is 2. The second kappa shape index (κ2) is 6.83. The molecule has 1 N–H and O–H groups in total. The quantitative estimate of drug-likeness (QED) is 0.927. The maximum absolute atomic E-state index is 12.5. The van der Waals surface area contributed by atoms with Gasteiger partial charge in [-0.15, -0.1) is 0 Å². The smallest absolute Gasteiger partial charge is 0.270 e. The van der Waals surface area contributed by atoms with Gasteiger partial charge in [0.15, 0.2) is 0 Å². The maximum atomic E-state index is 12.5. The number of carbonyl (C=O) groups excluding carboxylic acids is 1. The maximum Gasteiger partial charge on any atom is 0.270 e. The number of hydrogen-bond donors (Lipinski definition) is 1. The van der Waals surface area contributed by atoms with Crippen molar-refractivity contribution in [3.8, 4) is 0 Å². The van der Waals surface area contributed by atoms with Gasteiger partial charge >= 0.3 is 0 Å². The Labute approximate surface area is 130 Å². The molecule has 6 heteroatoms. The summed E-state index contributed by atoms with van der Waals surface area (Å²) < 4.78 is 1.65. The van der Waals surface area contributed by atoms with Crippen LogP contribution in [0.15, 0.2) is 6.07 Å². The van der Waals surface area contributed by atoms with E-state index in [1.807, 2.05) is 4.90 Å². The van der Waals surface area contributed by atoms with Crippen molar-refractivity contribution in [3.05, 3.63) is 21.9 Å². The van der Waals surface area contributed by atoms with E-state index in [-0.39, 0.29) is 5.91 Å². The Morgan fingerprint density at radius 3 is 2.55 bits per heavy atom. The van der Waals surface area contributed by atoms with E-state index in [4.69, 9.17) is 23.2 Å². The summed E-state index contributed by atoms with van der Waals surface area (Å²) >= 11 is 12.0. The van der Waals surface area contributed by atoms with E-state index in [2.05, 4.69) is 12.2 Å². The van der Waals surface area contributed by atoms with E-state index >= 15 is 0 Å². The molecule has 2 rings (SSSR count). The third-order valence-corrected chi connectivity index (χ3v) is 4.76. The highest BCUT2D eigenvalue weighted by Crippen LogP contribution is 2.27. The number of piperidine rings is 1. The second-order valence-corrected chi connectivity index (χ2v) is 6.04. The average Bonchev–Trinajstić information content (AvgIpc) is 2.72. The molecule has 1 fully saturated rings. The van der Waals surface area contributed by atoms with Crippen molar-refractivity contribution in [2.75, 3.05) is 26.2 Å². The van der Waals surface area contributed by atoms with Crippen LogP contribution in [0.1, 0.15) is 30.3 Å². The van der Waals surface area contributed by atoms with E-state index in [1.54, 1.807) is 17.7 Å². The molecule has 1 saturated heterocycles. The zero-order valence-corrected chi connectivity index (χ0v) is 13.5. The van der Waals surface area contributed by atoms with Crippen LogP contribution in [-0.2, 0) is 7.05 Å². The van der Waals surface area contributed by atoms with E-state index in [1.165, 1.54) is 0 Å². The number of amides is 1. The van der Waals surface area contributed by atoms with Gasteiger partial charge in [0.2, 0.25) is 0 Å². The molecule has 1 aliphatic heterocycles. The predicted molar refractivity (Wildman–Crippen MR) is 82.6 cm³/mol. The van der Waals surface area contributed by atoms with Crippen molar-refractivity contribution in [3.63, 3.8) is 0 Å². The van der Waals surface area contributed by atoms with Gasteiger partial charge in [-0.3, -0.25) is 4.79 Å². The Bertz CT molecular complexity index is 479. The first-order chi connectivity index (χ1) is 9.54. The Kier molecular flexibility index (Phi) is 5.35. The summed E-state index contributed by atoms with van der Waals surface area (Å²) in [5, 5.41) is 4.22. The van der Waals surface area contributed by atoms with Crippen molar-refractivity contribution >= 4 is 29.1 Å². The van der Waals surface area contributed by atoms with Crippen molar-refractivity contribution < 1.29 is 4.79 Å². The lowest BCUT2D eigenvalue weighted by Crippen LogP contribution is -2.41. The molecule has 0 atom stereocenters. The number of likely N-dealkylation sites (tertiary alicyclic amines) is 1. The Morgan fingerprint density at radius 1 is 1.40 bits per heavy atom. The van der Waals surface area contributed by atoms with Gasteiger partial charge in [0.05, 0.1) is 5.02 Å². The van der Waals surface area contributed by atoms with Crippen molar-refractivity contribution in [1.29, 1.82) is 0 Å². The van der Waals surface area contributed by atoms with Gasteiger partial charge in [0.25, 0.3) is 5.91 Å². The Balaban J connectivity index is 1.96. The summed E-state index contributed by atoms with van der Waals surface area (Å²) in [4.78, 5) is 14.4. The van der Waals surface area contributed by atoms with Crippen LogP contribution in [0.2, 0.25) is 10.2 Å². The van der Waals surface area contributed by atoms with Crippen LogP contribution in [-0.4, -0.2) is 41.6 Å². The van der Waals surface area contributed by atoms with E-state index in [0.717, 1.165) is 39.0 Å². The molecule has 0 spiro atoms.